The molecule has 0 aromatic rings. The molecule has 1 fully saturated rings. The molecular weight excluding hydrogens is 128 g/mol. The third-order valence-corrected chi connectivity index (χ3v) is 1.65. The van der Waals surface area contributed by atoms with E-state index >= 15 is 0 Å². The van der Waals surface area contributed by atoms with E-state index in [2.05, 4.69) is 13.5 Å². The topological polar surface area (TPSA) is 26.3 Å². The summed E-state index contributed by atoms with van der Waals surface area (Å²) in [6.45, 7) is 5.67. The Kier molecular flexibility index (Phi) is 2.10. The van der Waals surface area contributed by atoms with Gasteiger partial charge in [0.1, 0.15) is 6.10 Å². The number of rotatable bonds is 2. The predicted octanol–water partition coefficient (Wildman–Crippen LogP) is 1.66. The standard InChI is InChI=1S/C8H12O2/c1-3-4-7-5-6(2)8(9)10-7/h7H,2-5H2,1H3/t7-/m0/s1. The van der Waals surface area contributed by atoms with Crippen molar-refractivity contribution in [1.29, 1.82) is 0 Å². The molecule has 0 aromatic heterocycles. The molecule has 0 spiro atoms. The van der Waals surface area contributed by atoms with E-state index < -0.39 is 0 Å². The third-order valence-electron chi connectivity index (χ3n) is 1.65. The molecule has 0 aliphatic carbocycles. The zero-order valence-corrected chi connectivity index (χ0v) is 6.22. The van der Waals surface area contributed by atoms with E-state index in [9.17, 15) is 4.79 Å². The van der Waals surface area contributed by atoms with Gasteiger partial charge >= 0.3 is 5.97 Å². The lowest BCUT2D eigenvalue weighted by Crippen LogP contribution is -2.05. The molecule has 1 saturated heterocycles. The fourth-order valence-corrected chi connectivity index (χ4v) is 1.12. The Morgan fingerprint density at radius 1 is 1.80 bits per heavy atom. The zero-order valence-electron chi connectivity index (χ0n) is 6.22. The first-order valence-electron chi connectivity index (χ1n) is 3.62. The van der Waals surface area contributed by atoms with Crippen LogP contribution in [0.3, 0.4) is 0 Å². The van der Waals surface area contributed by atoms with Gasteiger partial charge < -0.3 is 4.74 Å². The first-order chi connectivity index (χ1) is 4.74. The molecule has 2 nitrogen and oxygen atoms in total. The molecule has 0 bridgehead atoms. The van der Waals surface area contributed by atoms with Crippen molar-refractivity contribution >= 4 is 5.97 Å². The van der Waals surface area contributed by atoms with E-state index in [1.165, 1.54) is 0 Å². The summed E-state index contributed by atoms with van der Waals surface area (Å²) in [5, 5.41) is 0. The minimum atomic E-state index is -0.210. The van der Waals surface area contributed by atoms with E-state index in [1.807, 2.05) is 0 Å². The Bertz CT molecular complexity index is 145. The predicted molar refractivity (Wildman–Crippen MR) is 38.5 cm³/mol. The number of cyclic esters (lactones) is 1. The Labute approximate surface area is 60.9 Å². The van der Waals surface area contributed by atoms with Gasteiger partial charge in [-0.15, -0.1) is 0 Å². The van der Waals surface area contributed by atoms with E-state index in [0.29, 0.717) is 5.57 Å². The number of carbonyl (C=O) groups is 1. The van der Waals surface area contributed by atoms with Crippen LogP contribution in [0.5, 0.6) is 0 Å². The number of hydrogen-bond acceptors (Lipinski definition) is 2. The molecule has 1 heterocycles. The highest BCUT2D eigenvalue weighted by Crippen LogP contribution is 2.21. The molecule has 1 atom stereocenters. The summed E-state index contributed by atoms with van der Waals surface area (Å²) in [4.78, 5) is 10.7. The van der Waals surface area contributed by atoms with E-state index in [-0.39, 0.29) is 12.1 Å². The average Bonchev–Trinajstić information content (AvgIpc) is 2.14. The Morgan fingerprint density at radius 2 is 2.50 bits per heavy atom. The lowest BCUT2D eigenvalue weighted by Gasteiger charge is -2.04. The van der Waals surface area contributed by atoms with Gasteiger partial charge in [0.15, 0.2) is 0 Å². The Hall–Kier alpha value is -0.790. The second-order valence-electron chi connectivity index (χ2n) is 2.62. The average molecular weight is 140 g/mol. The lowest BCUT2D eigenvalue weighted by molar-refractivity contribution is -0.138. The molecule has 1 aliphatic rings. The molecule has 10 heavy (non-hydrogen) atoms. The molecule has 2 heteroatoms. The maximum atomic E-state index is 10.7. The highest BCUT2D eigenvalue weighted by Gasteiger charge is 2.25. The molecular formula is C8H12O2. The molecule has 0 saturated carbocycles. The molecule has 0 unspecified atom stereocenters. The van der Waals surface area contributed by atoms with Crippen molar-refractivity contribution in [3.8, 4) is 0 Å². The highest BCUT2D eigenvalue weighted by molar-refractivity contribution is 5.89. The second-order valence-corrected chi connectivity index (χ2v) is 2.62. The lowest BCUT2D eigenvalue weighted by atomic mass is 10.1. The number of hydrogen-bond donors (Lipinski definition) is 0. The van der Waals surface area contributed by atoms with Crippen LogP contribution in [-0.4, -0.2) is 12.1 Å². The van der Waals surface area contributed by atoms with Crippen molar-refractivity contribution in [3.05, 3.63) is 12.2 Å². The van der Waals surface area contributed by atoms with Gasteiger partial charge in [0, 0.05) is 12.0 Å². The van der Waals surface area contributed by atoms with E-state index in [0.717, 1.165) is 19.3 Å². The van der Waals surface area contributed by atoms with Gasteiger partial charge in [-0.25, -0.2) is 4.79 Å². The van der Waals surface area contributed by atoms with Crippen LogP contribution in [-0.2, 0) is 9.53 Å². The van der Waals surface area contributed by atoms with Gasteiger partial charge in [-0.3, -0.25) is 0 Å². The first-order valence-corrected chi connectivity index (χ1v) is 3.62. The smallest absolute Gasteiger partial charge is 0.333 e. The zero-order chi connectivity index (χ0) is 7.56. The first kappa shape index (κ1) is 7.32. The second kappa shape index (κ2) is 2.86. The van der Waals surface area contributed by atoms with Crippen molar-refractivity contribution in [2.45, 2.75) is 32.3 Å². The van der Waals surface area contributed by atoms with Crippen LogP contribution in [0.4, 0.5) is 0 Å². The van der Waals surface area contributed by atoms with Gasteiger partial charge in [-0.05, 0) is 6.42 Å². The van der Waals surface area contributed by atoms with E-state index in [1.54, 1.807) is 0 Å². The van der Waals surface area contributed by atoms with Crippen molar-refractivity contribution in [2.24, 2.45) is 0 Å². The molecule has 1 rings (SSSR count). The van der Waals surface area contributed by atoms with Gasteiger partial charge in [0.05, 0.1) is 0 Å². The van der Waals surface area contributed by atoms with Crippen LogP contribution in [0, 0.1) is 0 Å². The maximum Gasteiger partial charge on any atom is 0.333 e. The van der Waals surface area contributed by atoms with Gasteiger partial charge in [-0.2, -0.15) is 0 Å². The molecule has 0 N–H and O–H groups in total. The third kappa shape index (κ3) is 1.38. The maximum absolute atomic E-state index is 10.7. The van der Waals surface area contributed by atoms with Crippen LogP contribution in [0.1, 0.15) is 26.2 Å². The van der Waals surface area contributed by atoms with Crippen LogP contribution in [0.15, 0.2) is 12.2 Å². The van der Waals surface area contributed by atoms with Crippen LogP contribution < -0.4 is 0 Å². The minimum absolute atomic E-state index is 0.116. The number of ether oxygens (including phenoxy) is 1. The summed E-state index contributed by atoms with van der Waals surface area (Å²) in [6, 6.07) is 0. The number of esters is 1. The van der Waals surface area contributed by atoms with Gasteiger partial charge in [0.25, 0.3) is 0 Å². The largest absolute Gasteiger partial charge is 0.459 e. The van der Waals surface area contributed by atoms with Crippen molar-refractivity contribution in [2.75, 3.05) is 0 Å². The van der Waals surface area contributed by atoms with Crippen molar-refractivity contribution < 1.29 is 9.53 Å². The normalized spacial score (nSPS) is 25.1. The van der Waals surface area contributed by atoms with Crippen LogP contribution >= 0.6 is 0 Å². The summed E-state index contributed by atoms with van der Waals surface area (Å²) in [6.07, 6.45) is 2.87. The van der Waals surface area contributed by atoms with E-state index in [4.69, 9.17) is 4.74 Å². The van der Waals surface area contributed by atoms with Crippen LogP contribution in [0.2, 0.25) is 0 Å². The monoisotopic (exact) mass is 140 g/mol. The fraction of sp³-hybridized carbons (Fsp3) is 0.625. The SMILES string of the molecule is C=C1C[C@H](CCC)OC1=O. The number of carbonyl (C=O) groups excluding carboxylic acids is 1. The summed E-state index contributed by atoms with van der Waals surface area (Å²) in [7, 11) is 0. The highest BCUT2D eigenvalue weighted by atomic mass is 16.5. The molecule has 0 aromatic carbocycles. The summed E-state index contributed by atoms with van der Waals surface area (Å²) in [5.74, 6) is -0.210. The van der Waals surface area contributed by atoms with Gasteiger partial charge in [0.2, 0.25) is 0 Å². The van der Waals surface area contributed by atoms with Crippen molar-refractivity contribution in [3.63, 3.8) is 0 Å². The van der Waals surface area contributed by atoms with Crippen molar-refractivity contribution in [1.82, 2.24) is 0 Å². The summed E-state index contributed by atoms with van der Waals surface area (Å²) in [5.41, 5.74) is 0.624. The van der Waals surface area contributed by atoms with Gasteiger partial charge in [-0.1, -0.05) is 19.9 Å². The molecule has 56 valence electrons. The molecule has 0 amide bonds. The Balaban J connectivity index is 2.41. The fourth-order valence-electron chi connectivity index (χ4n) is 1.12. The summed E-state index contributed by atoms with van der Waals surface area (Å²) < 4.78 is 4.98. The minimum Gasteiger partial charge on any atom is -0.459 e. The van der Waals surface area contributed by atoms with Crippen LogP contribution in [0.25, 0.3) is 0 Å². The Morgan fingerprint density at radius 3 is 2.90 bits per heavy atom. The molecule has 0 radical (unpaired) electrons. The summed E-state index contributed by atoms with van der Waals surface area (Å²) >= 11 is 0. The quantitative estimate of drug-likeness (QED) is 0.430. The molecule has 1 aliphatic heterocycles.